The Morgan fingerprint density at radius 2 is 2.03 bits per heavy atom. The Bertz CT molecular complexity index is 1030. The van der Waals surface area contributed by atoms with Gasteiger partial charge in [0.2, 0.25) is 5.91 Å². The van der Waals surface area contributed by atoms with Crippen molar-refractivity contribution in [2.24, 2.45) is 17.8 Å². The summed E-state index contributed by atoms with van der Waals surface area (Å²) < 4.78 is 0. The highest BCUT2D eigenvalue weighted by molar-refractivity contribution is 6.01. The van der Waals surface area contributed by atoms with Crippen LogP contribution in [0.25, 0.3) is 10.9 Å². The van der Waals surface area contributed by atoms with Gasteiger partial charge in [-0.25, -0.2) is 0 Å². The second-order valence-corrected chi connectivity index (χ2v) is 9.57. The number of aromatic nitrogens is 1. The van der Waals surface area contributed by atoms with Crippen LogP contribution in [0.2, 0.25) is 0 Å². The van der Waals surface area contributed by atoms with E-state index in [0.717, 1.165) is 49.3 Å². The SMILES string of the molecule is O=CC(CC1CCCC1=O)NC(=O)C1C2CCCC2CN1C(=O)c1cc2ccccc2[nH]1. The average Bonchev–Trinajstić information content (AvgIpc) is 3.56. The molecular weight excluding hydrogens is 406 g/mol. The molecule has 7 heteroatoms. The second-order valence-electron chi connectivity index (χ2n) is 9.57. The lowest BCUT2D eigenvalue weighted by molar-refractivity contribution is -0.129. The number of H-pyrrole nitrogens is 1. The Hall–Kier alpha value is -2.96. The molecule has 2 amide bonds. The fourth-order valence-corrected chi connectivity index (χ4v) is 6.05. The van der Waals surface area contributed by atoms with E-state index in [4.69, 9.17) is 0 Å². The Balaban J connectivity index is 1.35. The number of carbonyl (C=O) groups is 4. The Morgan fingerprint density at radius 1 is 1.19 bits per heavy atom. The molecular formula is C25H29N3O4. The fourth-order valence-electron chi connectivity index (χ4n) is 6.05. The molecule has 2 heterocycles. The minimum Gasteiger partial charge on any atom is -0.351 e. The van der Waals surface area contributed by atoms with E-state index in [-0.39, 0.29) is 29.4 Å². The lowest BCUT2D eigenvalue weighted by Gasteiger charge is -2.28. The molecule has 2 saturated carbocycles. The number of nitrogens with one attached hydrogen (secondary N) is 2. The van der Waals surface area contributed by atoms with Crippen molar-refractivity contribution in [1.29, 1.82) is 0 Å². The van der Waals surface area contributed by atoms with Crippen LogP contribution in [0.3, 0.4) is 0 Å². The van der Waals surface area contributed by atoms with Crippen LogP contribution in [0.15, 0.2) is 30.3 Å². The lowest BCUT2D eigenvalue weighted by atomic mass is 9.92. The van der Waals surface area contributed by atoms with Crippen molar-refractivity contribution in [1.82, 2.24) is 15.2 Å². The van der Waals surface area contributed by atoms with E-state index in [1.807, 2.05) is 30.3 Å². The summed E-state index contributed by atoms with van der Waals surface area (Å²) in [5.41, 5.74) is 1.37. The van der Waals surface area contributed by atoms with Crippen molar-refractivity contribution in [3.63, 3.8) is 0 Å². The minimum atomic E-state index is -0.694. The zero-order valence-electron chi connectivity index (χ0n) is 18.1. The molecule has 32 heavy (non-hydrogen) atoms. The van der Waals surface area contributed by atoms with Gasteiger partial charge in [0.1, 0.15) is 23.8 Å². The van der Waals surface area contributed by atoms with Gasteiger partial charge in [-0.1, -0.05) is 24.6 Å². The van der Waals surface area contributed by atoms with E-state index >= 15 is 0 Å². The molecule has 3 fully saturated rings. The van der Waals surface area contributed by atoms with E-state index in [1.54, 1.807) is 4.90 Å². The molecule has 1 aliphatic heterocycles. The molecule has 2 N–H and O–H groups in total. The number of para-hydroxylation sites is 1. The first-order valence-corrected chi connectivity index (χ1v) is 11.7. The quantitative estimate of drug-likeness (QED) is 0.682. The molecule has 168 valence electrons. The summed E-state index contributed by atoms with van der Waals surface area (Å²) in [6, 6.07) is 8.27. The van der Waals surface area contributed by atoms with Crippen LogP contribution in [0.1, 0.15) is 55.4 Å². The first-order chi connectivity index (χ1) is 15.5. The summed E-state index contributed by atoms with van der Waals surface area (Å²) in [4.78, 5) is 55.4. The molecule has 0 spiro atoms. The second kappa shape index (κ2) is 8.52. The molecule has 5 unspecified atom stereocenters. The van der Waals surface area contributed by atoms with E-state index < -0.39 is 12.1 Å². The fraction of sp³-hybridized carbons (Fsp3) is 0.520. The zero-order chi connectivity index (χ0) is 22.2. The van der Waals surface area contributed by atoms with Crippen LogP contribution in [0.4, 0.5) is 0 Å². The number of rotatable bonds is 6. The number of hydrogen-bond donors (Lipinski definition) is 2. The first-order valence-electron chi connectivity index (χ1n) is 11.7. The maximum absolute atomic E-state index is 13.4. The van der Waals surface area contributed by atoms with E-state index in [9.17, 15) is 19.2 Å². The highest BCUT2D eigenvalue weighted by Gasteiger charge is 2.50. The largest absolute Gasteiger partial charge is 0.351 e. The van der Waals surface area contributed by atoms with Gasteiger partial charge in [-0.05, 0) is 56.1 Å². The van der Waals surface area contributed by atoms with Gasteiger partial charge in [0.05, 0.1) is 6.04 Å². The molecule has 1 aromatic carbocycles. The molecule has 2 aliphatic carbocycles. The third-order valence-corrected chi connectivity index (χ3v) is 7.64. The van der Waals surface area contributed by atoms with Crippen molar-refractivity contribution < 1.29 is 19.2 Å². The maximum Gasteiger partial charge on any atom is 0.271 e. The van der Waals surface area contributed by atoms with E-state index in [0.29, 0.717) is 31.0 Å². The van der Waals surface area contributed by atoms with Gasteiger partial charge >= 0.3 is 0 Å². The molecule has 2 aromatic rings. The highest BCUT2D eigenvalue weighted by Crippen LogP contribution is 2.43. The third kappa shape index (κ3) is 3.74. The average molecular weight is 436 g/mol. The monoisotopic (exact) mass is 435 g/mol. The maximum atomic E-state index is 13.4. The molecule has 0 radical (unpaired) electrons. The molecule has 3 aliphatic rings. The topological polar surface area (TPSA) is 99.3 Å². The van der Waals surface area contributed by atoms with Crippen LogP contribution >= 0.6 is 0 Å². The number of likely N-dealkylation sites (tertiary alicyclic amines) is 1. The summed E-state index contributed by atoms with van der Waals surface area (Å²) in [7, 11) is 0. The normalized spacial score (nSPS) is 28.1. The van der Waals surface area contributed by atoms with Gasteiger partial charge in [0.15, 0.2) is 0 Å². The predicted octanol–water partition coefficient (Wildman–Crippen LogP) is 2.85. The number of nitrogens with zero attached hydrogens (tertiary/aromatic N) is 1. The summed E-state index contributed by atoms with van der Waals surface area (Å²) in [6.45, 7) is 0.559. The van der Waals surface area contributed by atoms with Crippen molar-refractivity contribution >= 4 is 34.8 Å². The molecule has 7 nitrogen and oxygen atoms in total. The van der Waals surface area contributed by atoms with Crippen molar-refractivity contribution in [2.75, 3.05) is 6.54 Å². The minimum absolute atomic E-state index is 0.115. The van der Waals surface area contributed by atoms with Crippen molar-refractivity contribution in [3.05, 3.63) is 36.0 Å². The van der Waals surface area contributed by atoms with Crippen LogP contribution < -0.4 is 5.32 Å². The molecule has 5 atom stereocenters. The van der Waals surface area contributed by atoms with E-state index in [2.05, 4.69) is 10.3 Å². The summed E-state index contributed by atoms with van der Waals surface area (Å²) in [5.74, 6) is 0.000483. The molecule has 0 bridgehead atoms. The predicted molar refractivity (Wildman–Crippen MR) is 119 cm³/mol. The Labute approximate surface area is 186 Å². The van der Waals surface area contributed by atoms with Gasteiger partial charge in [-0.15, -0.1) is 0 Å². The van der Waals surface area contributed by atoms with Gasteiger partial charge in [0, 0.05) is 29.8 Å². The van der Waals surface area contributed by atoms with Crippen LogP contribution in [0, 0.1) is 17.8 Å². The number of ketones is 1. The third-order valence-electron chi connectivity index (χ3n) is 7.64. The number of carbonyl (C=O) groups excluding carboxylic acids is 4. The number of amides is 2. The molecule has 1 aromatic heterocycles. The summed E-state index contributed by atoms with van der Waals surface area (Å²) in [6.07, 6.45) is 6.24. The number of hydrogen-bond acceptors (Lipinski definition) is 4. The van der Waals surface area contributed by atoms with Gasteiger partial charge in [-0.3, -0.25) is 14.4 Å². The van der Waals surface area contributed by atoms with Gasteiger partial charge in [-0.2, -0.15) is 0 Å². The Kier molecular flexibility index (Phi) is 5.57. The number of aldehydes is 1. The van der Waals surface area contributed by atoms with E-state index in [1.165, 1.54) is 0 Å². The molecule has 5 rings (SSSR count). The zero-order valence-corrected chi connectivity index (χ0v) is 18.1. The number of fused-ring (bicyclic) bond motifs is 2. The smallest absolute Gasteiger partial charge is 0.271 e. The molecule has 1 saturated heterocycles. The van der Waals surface area contributed by atoms with Crippen LogP contribution in [0.5, 0.6) is 0 Å². The summed E-state index contributed by atoms with van der Waals surface area (Å²) in [5, 5.41) is 3.83. The van der Waals surface area contributed by atoms with Crippen LogP contribution in [-0.2, 0) is 14.4 Å². The number of Topliss-reactive ketones (excluding diaryl/α,β-unsaturated/α-hetero) is 1. The first kappa shape index (κ1) is 20.9. The number of benzene rings is 1. The highest BCUT2D eigenvalue weighted by atomic mass is 16.2. The van der Waals surface area contributed by atoms with Crippen LogP contribution in [-0.4, -0.2) is 52.4 Å². The number of aromatic amines is 1. The van der Waals surface area contributed by atoms with Crippen molar-refractivity contribution in [2.45, 2.75) is 57.0 Å². The standard InChI is InChI=1S/C25H29N3O4/c29-14-18(11-16-6-4-10-22(16)30)26-24(31)23-19-8-3-7-17(19)13-28(23)25(32)21-12-15-5-1-2-9-20(15)27-21/h1-2,5,9,12,14,16-19,23,27H,3-4,6-8,10-11,13H2,(H,26,31). The van der Waals surface area contributed by atoms with Crippen molar-refractivity contribution in [3.8, 4) is 0 Å². The summed E-state index contributed by atoms with van der Waals surface area (Å²) >= 11 is 0. The van der Waals surface area contributed by atoms with Gasteiger partial charge < -0.3 is 20.0 Å². The Morgan fingerprint density at radius 3 is 2.78 bits per heavy atom. The lowest BCUT2D eigenvalue weighted by Crippen LogP contribution is -2.51. The van der Waals surface area contributed by atoms with Gasteiger partial charge in [0.25, 0.3) is 5.91 Å².